The average molecular weight is 488 g/mol. The number of ether oxygens (including phenoxy) is 1. The molecule has 0 aromatic rings. The molecule has 0 saturated heterocycles. The van der Waals surface area contributed by atoms with Crippen molar-refractivity contribution in [1.82, 2.24) is 16.0 Å². The molecule has 1 aliphatic carbocycles. The Balaban J connectivity index is 0.00000576. The number of hydrogen-bond acceptors (Lipinski definition) is 4. The highest BCUT2D eigenvalue weighted by Crippen LogP contribution is 2.22. The summed E-state index contributed by atoms with van der Waals surface area (Å²) in [6.45, 7) is 5.75. The maximum atomic E-state index is 12.0. The van der Waals surface area contributed by atoms with Crippen LogP contribution in [0.15, 0.2) is 4.99 Å². The minimum Gasteiger partial charge on any atom is -0.383 e. The first-order chi connectivity index (χ1) is 11.6. The fourth-order valence-electron chi connectivity index (χ4n) is 2.76. The zero-order valence-electron chi connectivity index (χ0n) is 15.5. The van der Waals surface area contributed by atoms with E-state index in [1.54, 1.807) is 7.11 Å². The Morgan fingerprint density at radius 1 is 1.28 bits per heavy atom. The zero-order chi connectivity index (χ0) is 17.8. The van der Waals surface area contributed by atoms with Crippen LogP contribution in [-0.4, -0.2) is 66.5 Å². The second-order valence-electron chi connectivity index (χ2n) is 5.84. The van der Waals surface area contributed by atoms with Gasteiger partial charge in [0.25, 0.3) is 0 Å². The normalized spacial score (nSPS) is 21.8. The van der Waals surface area contributed by atoms with Crippen LogP contribution in [0.1, 0.15) is 39.5 Å². The Hall–Kier alpha value is -0.420. The molecule has 3 N–H and O–H groups in total. The SMILES string of the molecule is CCNC(=NCC(=O)NCCOC)NC1CCCC(S(=O)CC)C1.I. The first kappa shape index (κ1) is 24.6. The molecule has 3 atom stereocenters. The third-order valence-electron chi connectivity index (χ3n) is 3.98. The zero-order valence-corrected chi connectivity index (χ0v) is 18.7. The lowest BCUT2D eigenvalue weighted by molar-refractivity contribution is -0.119. The highest BCUT2D eigenvalue weighted by Gasteiger charge is 2.26. The van der Waals surface area contributed by atoms with Crippen LogP contribution in [0.4, 0.5) is 0 Å². The number of hydrogen-bond donors (Lipinski definition) is 3. The number of guanidine groups is 1. The summed E-state index contributed by atoms with van der Waals surface area (Å²) in [5.41, 5.74) is 0. The lowest BCUT2D eigenvalue weighted by Crippen LogP contribution is -2.47. The predicted octanol–water partition coefficient (Wildman–Crippen LogP) is 1.00. The smallest absolute Gasteiger partial charge is 0.241 e. The predicted molar refractivity (Wildman–Crippen MR) is 114 cm³/mol. The van der Waals surface area contributed by atoms with E-state index in [0.29, 0.717) is 24.9 Å². The van der Waals surface area contributed by atoms with Crippen molar-refractivity contribution in [2.45, 2.75) is 50.8 Å². The highest BCUT2D eigenvalue weighted by molar-refractivity contribution is 14.0. The number of rotatable bonds is 9. The molecule has 0 aliphatic heterocycles. The maximum Gasteiger partial charge on any atom is 0.241 e. The summed E-state index contributed by atoms with van der Waals surface area (Å²) in [5, 5.41) is 9.57. The monoisotopic (exact) mass is 488 g/mol. The topological polar surface area (TPSA) is 91.8 Å². The van der Waals surface area contributed by atoms with Gasteiger partial charge >= 0.3 is 0 Å². The summed E-state index contributed by atoms with van der Waals surface area (Å²) in [7, 11) is 0.853. The van der Waals surface area contributed by atoms with Gasteiger partial charge in [-0.1, -0.05) is 13.3 Å². The van der Waals surface area contributed by atoms with Crippen LogP contribution in [-0.2, 0) is 20.3 Å². The molecule has 1 saturated carbocycles. The minimum atomic E-state index is -0.745. The van der Waals surface area contributed by atoms with Gasteiger partial charge in [0, 0.05) is 48.0 Å². The number of methoxy groups -OCH3 is 1. The average Bonchev–Trinajstić information content (AvgIpc) is 2.59. The van der Waals surface area contributed by atoms with Crippen molar-refractivity contribution in [2.24, 2.45) is 4.99 Å². The van der Waals surface area contributed by atoms with Gasteiger partial charge in [0.2, 0.25) is 5.91 Å². The Bertz CT molecular complexity index is 438. The number of carbonyl (C=O) groups is 1. The Morgan fingerprint density at radius 3 is 2.68 bits per heavy atom. The van der Waals surface area contributed by atoms with Crippen LogP contribution in [0.5, 0.6) is 0 Å². The molecule has 25 heavy (non-hydrogen) atoms. The van der Waals surface area contributed by atoms with Crippen LogP contribution >= 0.6 is 24.0 Å². The van der Waals surface area contributed by atoms with Crippen LogP contribution in [0.25, 0.3) is 0 Å². The summed E-state index contributed by atoms with van der Waals surface area (Å²) >= 11 is 0. The number of aliphatic imine (C=N–C) groups is 1. The van der Waals surface area contributed by atoms with E-state index in [1.165, 1.54) is 0 Å². The van der Waals surface area contributed by atoms with Crippen LogP contribution in [0, 0.1) is 0 Å². The third-order valence-corrected chi connectivity index (χ3v) is 5.72. The molecular weight excluding hydrogens is 455 g/mol. The van der Waals surface area contributed by atoms with Crippen LogP contribution in [0.2, 0.25) is 0 Å². The van der Waals surface area contributed by atoms with Gasteiger partial charge in [0.15, 0.2) is 5.96 Å². The lowest BCUT2D eigenvalue weighted by atomic mass is 9.95. The molecule has 0 heterocycles. The summed E-state index contributed by atoms with van der Waals surface area (Å²) < 4.78 is 16.9. The van der Waals surface area contributed by atoms with E-state index in [1.807, 2.05) is 13.8 Å². The quantitative estimate of drug-likeness (QED) is 0.195. The van der Waals surface area contributed by atoms with E-state index in [9.17, 15) is 9.00 Å². The number of amides is 1. The molecule has 0 spiro atoms. The van der Waals surface area contributed by atoms with Gasteiger partial charge < -0.3 is 20.7 Å². The van der Waals surface area contributed by atoms with Gasteiger partial charge in [-0.25, -0.2) is 4.99 Å². The number of halogens is 1. The van der Waals surface area contributed by atoms with Gasteiger partial charge in [-0.15, -0.1) is 24.0 Å². The van der Waals surface area contributed by atoms with Crippen molar-refractivity contribution in [2.75, 3.05) is 39.1 Å². The van der Waals surface area contributed by atoms with Gasteiger partial charge in [-0.05, 0) is 26.2 Å². The van der Waals surface area contributed by atoms with E-state index < -0.39 is 10.8 Å². The molecule has 0 aromatic heterocycles. The van der Waals surface area contributed by atoms with E-state index in [2.05, 4.69) is 20.9 Å². The second-order valence-corrected chi connectivity index (χ2v) is 7.84. The van der Waals surface area contributed by atoms with E-state index in [-0.39, 0.29) is 47.7 Å². The molecule has 0 bridgehead atoms. The summed E-state index contributed by atoms with van der Waals surface area (Å²) in [6, 6.07) is 0.258. The van der Waals surface area contributed by atoms with Crippen LogP contribution in [0.3, 0.4) is 0 Å². The second kappa shape index (κ2) is 14.7. The molecule has 9 heteroatoms. The highest BCUT2D eigenvalue weighted by atomic mass is 127. The molecule has 0 aromatic carbocycles. The Kier molecular flexibility index (Phi) is 14.5. The molecule has 3 unspecified atom stereocenters. The van der Waals surface area contributed by atoms with Crippen molar-refractivity contribution in [3.63, 3.8) is 0 Å². The molecule has 1 aliphatic rings. The Morgan fingerprint density at radius 2 is 2.04 bits per heavy atom. The van der Waals surface area contributed by atoms with Gasteiger partial charge in [0.05, 0.1) is 6.61 Å². The summed E-state index contributed by atoms with van der Waals surface area (Å²) in [6.07, 6.45) is 4.05. The van der Waals surface area contributed by atoms with Gasteiger partial charge in [-0.2, -0.15) is 0 Å². The molecule has 1 fully saturated rings. The standard InChI is InChI=1S/C16H32N4O3S.HI/c1-4-17-16(19-12-15(21)18-9-10-23-3)20-13-7-6-8-14(11-13)24(22)5-2;/h13-14H,4-12H2,1-3H3,(H,18,21)(H2,17,19,20);1H. The molecule has 1 amide bonds. The van der Waals surface area contributed by atoms with Gasteiger partial charge in [-0.3, -0.25) is 9.00 Å². The lowest BCUT2D eigenvalue weighted by Gasteiger charge is -2.30. The summed E-state index contributed by atoms with van der Waals surface area (Å²) in [4.78, 5) is 16.1. The van der Waals surface area contributed by atoms with Crippen molar-refractivity contribution in [3.8, 4) is 0 Å². The van der Waals surface area contributed by atoms with E-state index in [4.69, 9.17) is 4.74 Å². The molecule has 7 nitrogen and oxygen atoms in total. The molecule has 148 valence electrons. The van der Waals surface area contributed by atoms with Gasteiger partial charge in [0.1, 0.15) is 6.54 Å². The molecular formula is C16H33IN4O3S. The van der Waals surface area contributed by atoms with E-state index in [0.717, 1.165) is 32.2 Å². The third kappa shape index (κ3) is 10.3. The summed E-state index contributed by atoms with van der Waals surface area (Å²) in [5.74, 6) is 1.23. The number of carbonyl (C=O) groups excluding carboxylic acids is 1. The minimum absolute atomic E-state index is 0. The fourth-order valence-corrected chi connectivity index (χ4v) is 4.11. The Labute approximate surface area is 171 Å². The first-order valence-corrected chi connectivity index (χ1v) is 10.2. The number of nitrogens with zero attached hydrogens (tertiary/aromatic N) is 1. The van der Waals surface area contributed by atoms with Crippen molar-refractivity contribution < 1.29 is 13.7 Å². The largest absolute Gasteiger partial charge is 0.383 e. The van der Waals surface area contributed by atoms with E-state index >= 15 is 0 Å². The first-order valence-electron chi connectivity index (χ1n) is 8.78. The van der Waals surface area contributed by atoms with Crippen molar-refractivity contribution >= 4 is 46.6 Å². The number of nitrogens with one attached hydrogen (secondary N) is 3. The molecule has 0 radical (unpaired) electrons. The molecule has 1 rings (SSSR count). The fraction of sp³-hybridized carbons (Fsp3) is 0.875. The van der Waals surface area contributed by atoms with Crippen molar-refractivity contribution in [3.05, 3.63) is 0 Å². The van der Waals surface area contributed by atoms with Crippen molar-refractivity contribution in [1.29, 1.82) is 0 Å². The van der Waals surface area contributed by atoms with Crippen LogP contribution < -0.4 is 16.0 Å². The maximum absolute atomic E-state index is 12.0.